The van der Waals surface area contributed by atoms with E-state index in [0.29, 0.717) is 5.82 Å². The number of alkyl halides is 3. The maximum atomic E-state index is 12.7. The highest BCUT2D eigenvalue weighted by molar-refractivity contribution is 5.82. The highest BCUT2D eigenvalue weighted by Crippen LogP contribution is 2.44. The van der Waals surface area contributed by atoms with Crippen LogP contribution in [0.2, 0.25) is 0 Å². The Morgan fingerprint density at radius 3 is 2.10 bits per heavy atom. The third kappa shape index (κ3) is 7.82. The summed E-state index contributed by atoms with van der Waals surface area (Å²) in [5, 5.41) is 9.76. The van der Waals surface area contributed by atoms with Gasteiger partial charge in [0.1, 0.15) is 25.1 Å². The predicted octanol–water partition coefficient (Wildman–Crippen LogP) is 4.48. The molecule has 2 aromatic carbocycles. The molecule has 12 heteroatoms. The minimum absolute atomic E-state index is 0.0433. The third-order valence-electron chi connectivity index (χ3n) is 5.79. The van der Waals surface area contributed by atoms with E-state index in [4.69, 9.17) is 25.1 Å². The minimum Gasteiger partial charge on any atom is -0.475 e. The second-order valence-electron chi connectivity index (χ2n) is 8.54. The molecule has 0 radical (unpaired) electrons. The molecule has 0 fully saturated rings. The molecule has 0 saturated carbocycles. The smallest absolute Gasteiger partial charge is 0.475 e. The Balaban J connectivity index is 0.000000559. The van der Waals surface area contributed by atoms with E-state index in [1.165, 1.54) is 6.08 Å². The van der Waals surface area contributed by atoms with Crippen LogP contribution in [0.5, 0.6) is 0 Å². The van der Waals surface area contributed by atoms with E-state index in [1.807, 2.05) is 36.4 Å². The van der Waals surface area contributed by atoms with Crippen molar-refractivity contribution in [2.24, 2.45) is 0 Å². The van der Waals surface area contributed by atoms with Crippen LogP contribution in [-0.4, -0.2) is 53.6 Å². The Kier molecular flexibility index (Phi) is 9.85. The summed E-state index contributed by atoms with van der Waals surface area (Å²) in [6.45, 7) is 3.74. The van der Waals surface area contributed by atoms with Gasteiger partial charge in [-0.1, -0.05) is 67.3 Å². The average molecular weight is 558 g/mol. The number of hydrogen-bond donors (Lipinski definition) is 3. The number of carboxylic acids is 1. The normalized spacial score (nSPS) is 12.6. The van der Waals surface area contributed by atoms with Crippen LogP contribution < -0.4 is 11.1 Å². The highest BCUT2D eigenvalue weighted by Gasteiger charge is 2.38. The summed E-state index contributed by atoms with van der Waals surface area (Å²) < 4.78 is 42.5. The van der Waals surface area contributed by atoms with Gasteiger partial charge in [0.2, 0.25) is 0 Å². The number of hydrogen-bond acceptors (Lipinski definition) is 7. The van der Waals surface area contributed by atoms with Gasteiger partial charge < -0.3 is 25.6 Å². The van der Waals surface area contributed by atoms with Gasteiger partial charge in [-0.25, -0.2) is 19.4 Å². The van der Waals surface area contributed by atoms with Crippen LogP contribution in [0, 0.1) is 0 Å². The van der Waals surface area contributed by atoms with E-state index < -0.39 is 30.2 Å². The second kappa shape index (κ2) is 13.3. The number of ether oxygens (including phenoxy) is 2. The van der Waals surface area contributed by atoms with E-state index in [9.17, 15) is 22.8 Å². The van der Waals surface area contributed by atoms with Gasteiger partial charge in [0.15, 0.2) is 0 Å². The summed E-state index contributed by atoms with van der Waals surface area (Å²) in [4.78, 5) is 38.1. The van der Waals surface area contributed by atoms with E-state index in [0.717, 1.165) is 27.8 Å². The number of aliphatic carboxylic acids is 1. The first-order valence-corrected chi connectivity index (χ1v) is 11.9. The molecule has 0 bridgehead atoms. The Morgan fingerprint density at radius 2 is 1.60 bits per heavy atom. The Labute approximate surface area is 227 Å². The average Bonchev–Trinajstić information content (AvgIpc) is 3.25. The van der Waals surface area contributed by atoms with Gasteiger partial charge in [0.25, 0.3) is 0 Å². The van der Waals surface area contributed by atoms with Crippen LogP contribution >= 0.6 is 0 Å². The van der Waals surface area contributed by atoms with Gasteiger partial charge in [0.05, 0.1) is 0 Å². The summed E-state index contributed by atoms with van der Waals surface area (Å²) in [5.41, 5.74) is 10.9. The number of nitrogens with two attached hydrogens (primary N) is 1. The summed E-state index contributed by atoms with van der Waals surface area (Å²) >= 11 is 0. The number of nitrogens with one attached hydrogen (secondary N) is 1. The van der Waals surface area contributed by atoms with Gasteiger partial charge in [-0.05, 0) is 33.9 Å². The van der Waals surface area contributed by atoms with Crippen molar-refractivity contribution < 1.29 is 42.1 Å². The van der Waals surface area contributed by atoms with E-state index in [2.05, 4.69) is 29.0 Å². The number of benzene rings is 2. The minimum atomic E-state index is -5.08. The van der Waals surface area contributed by atoms with Gasteiger partial charge in [-0.3, -0.25) is 0 Å². The van der Waals surface area contributed by atoms with Crippen LogP contribution in [0.4, 0.5) is 23.8 Å². The van der Waals surface area contributed by atoms with Crippen molar-refractivity contribution in [3.63, 3.8) is 0 Å². The molecule has 1 aliphatic carbocycles. The number of aromatic nitrogens is 1. The molecule has 1 unspecified atom stereocenters. The van der Waals surface area contributed by atoms with Crippen molar-refractivity contribution in [1.29, 1.82) is 0 Å². The molecule has 40 heavy (non-hydrogen) atoms. The fourth-order valence-corrected chi connectivity index (χ4v) is 4.01. The molecule has 1 aliphatic rings. The molecule has 9 nitrogen and oxygen atoms in total. The number of anilines is 1. The zero-order chi connectivity index (χ0) is 29.3. The maximum Gasteiger partial charge on any atom is 0.490 e. The number of alkyl carbamates (subject to hydrolysis) is 1. The van der Waals surface area contributed by atoms with Crippen LogP contribution in [-0.2, 0) is 25.5 Å². The standard InChI is InChI=1S/C26H25N3O4.C2HF3O2/c1-2-13-32-25(30)23(14-17-11-12-24(27)28-15-17)29-26(31)33-16-22-20-9-5-3-7-18(20)19-8-4-6-10-21(19)22;3-2(4,5)1(6)7/h2-12,15,22-23H,1,13-14,16H2,(H2,27,28)(H,29,31);(H,6,7). The number of rotatable bonds is 8. The number of pyridine rings is 1. The van der Waals surface area contributed by atoms with Crippen LogP contribution in [0.25, 0.3) is 11.1 Å². The molecule has 4 N–H and O–H groups in total. The summed E-state index contributed by atoms with van der Waals surface area (Å²) in [7, 11) is 0. The second-order valence-corrected chi connectivity index (χ2v) is 8.54. The molecule has 0 spiro atoms. The largest absolute Gasteiger partial charge is 0.490 e. The van der Waals surface area contributed by atoms with Crippen LogP contribution in [0.1, 0.15) is 22.6 Å². The van der Waals surface area contributed by atoms with Crippen molar-refractivity contribution >= 4 is 23.8 Å². The molecule has 0 saturated heterocycles. The van der Waals surface area contributed by atoms with Gasteiger partial charge in [-0.2, -0.15) is 13.2 Å². The fourth-order valence-electron chi connectivity index (χ4n) is 4.01. The topological polar surface area (TPSA) is 141 Å². The lowest BCUT2D eigenvalue weighted by atomic mass is 9.98. The van der Waals surface area contributed by atoms with E-state index in [1.54, 1.807) is 18.3 Å². The molecular formula is C28H26F3N3O6. The van der Waals surface area contributed by atoms with E-state index in [-0.39, 0.29) is 25.6 Å². The molecule has 1 atom stereocenters. The van der Waals surface area contributed by atoms with Crippen molar-refractivity contribution in [3.8, 4) is 11.1 Å². The number of carbonyl (C=O) groups excluding carboxylic acids is 2. The Hall–Kier alpha value is -4.87. The number of nitrogen functional groups attached to an aromatic ring is 1. The SMILES string of the molecule is C=CCOC(=O)C(Cc1ccc(N)nc1)NC(=O)OCC1c2ccccc2-c2ccccc21.O=C(O)C(F)(F)F. The Morgan fingerprint density at radius 1 is 1.02 bits per heavy atom. The first-order chi connectivity index (χ1) is 19.0. The van der Waals surface area contributed by atoms with Gasteiger partial charge in [-0.15, -0.1) is 0 Å². The lowest BCUT2D eigenvalue weighted by molar-refractivity contribution is -0.192. The number of esters is 1. The number of halogens is 3. The van der Waals surface area contributed by atoms with Crippen molar-refractivity contribution in [2.45, 2.75) is 24.6 Å². The van der Waals surface area contributed by atoms with Gasteiger partial charge in [0, 0.05) is 18.5 Å². The molecule has 4 rings (SSSR count). The zero-order valence-electron chi connectivity index (χ0n) is 21.1. The fraction of sp³-hybridized carbons (Fsp3) is 0.214. The van der Waals surface area contributed by atoms with Crippen molar-refractivity contribution in [3.05, 3.63) is 96.2 Å². The summed E-state index contributed by atoms with van der Waals surface area (Å²) in [6.07, 6.45) is -2.57. The number of fused-ring (bicyclic) bond motifs is 3. The number of amides is 1. The Bertz CT molecular complexity index is 1320. The monoisotopic (exact) mass is 557 g/mol. The number of nitrogens with zero attached hydrogens (tertiary/aromatic N) is 1. The number of carboxylic acid groups (broad SMARTS) is 1. The van der Waals surface area contributed by atoms with Gasteiger partial charge >= 0.3 is 24.2 Å². The first-order valence-electron chi connectivity index (χ1n) is 11.9. The van der Waals surface area contributed by atoms with Crippen LogP contribution in [0.3, 0.4) is 0 Å². The predicted molar refractivity (Wildman–Crippen MR) is 139 cm³/mol. The summed E-state index contributed by atoms with van der Waals surface area (Å²) in [5.74, 6) is -3.04. The summed E-state index contributed by atoms with van der Waals surface area (Å²) in [6, 6.07) is 18.6. The molecule has 210 valence electrons. The molecule has 0 aliphatic heterocycles. The first kappa shape index (κ1) is 29.7. The van der Waals surface area contributed by atoms with Crippen LogP contribution in [0.15, 0.2) is 79.5 Å². The number of carbonyl (C=O) groups is 3. The molecule has 3 aromatic rings. The molecule has 1 heterocycles. The van der Waals surface area contributed by atoms with Crippen molar-refractivity contribution in [1.82, 2.24) is 10.3 Å². The maximum absolute atomic E-state index is 12.7. The lowest BCUT2D eigenvalue weighted by Crippen LogP contribution is -2.44. The van der Waals surface area contributed by atoms with Crippen molar-refractivity contribution in [2.75, 3.05) is 18.9 Å². The third-order valence-corrected chi connectivity index (χ3v) is 5.79. The van der Waals surface area contributed by atoms with E-state index >= 15 is 0 Å². The quantitative estimate of drug-likeness (QED) is 0.272. The lowest BCUT2D eigenvalue weighted by Gasteiger charge is -2.19. The molecule has 1 aromatic heterocycles. The molecule has 1 amide bonds. The highest BCUT2D eigenvalue weighted by atomic mass is 19.4. The zero-order valence-corrected chi connectivity index (χ0v) is 21.1. The molecular weight excluding hydrogens is 531 g/mol.